The number of rotatable bonds is 5. The van der Waals surface area contributed by atoms with E-state index in [1.54, 1.807) is 0 Å². The molecule has 1 heterocycles. The summed E-state index contributed by atoms with van der Waals surface area (Å²) in [6.45, 7) is 1.29. The van der Waals surface area contributed by atoms with E-state index >= 15 is 0 Å². The summed E-state index contributed by atoms with van der Waals surface area (Å²) in [7, 11) is 0. The van der Waals surface area contributed by atoms with Crippen molar-refractivity contribution in [3.63, 3.8) is 0 Å². The molecule has 1 aromatic carbocycles. The molecule has 1 atom stereocenters. The molecule has 2 rings (SSSR count). The van der Waals surface area contributed by atoms with Gasteiger partial charge in [0.05, 0.1) is 22.1 Å². The molecule has 0 radical (unpaired) electrons. The zero-order valence-electron chi connectivity index (χ0n) is 10.9. The minimum Gasteiger partial charge on any atom is -0.379 e. The Morgan fingerprint density at radius 2 is 2.30 bits per heavy atom. The quantitative estimate of drug-likeness (QED) is 0.664. The van der Waals surface area contributed by atoms with Gasteiger partial charge in [-0.05, 0) is 31.7 Å². The van der Waals surface area contributed by atoms with Crippen LogP contribution in [0.15, 0.2) is 12.1 Å². The average molecular weight is 303 g/mol. The lowest BCUT2D eigenvalue weighted by Gasteiger charge is -2.22. The number of nitrogens with zero attached hydrogens (tertiary/aromatic N) is 1. The predicted molar refractivity (Wildman–Crippen MR) is 74.8 cm³/mol. The zero-order valence-corrected chi connectivity index (χ0v) is 11.7. The van der Waals surface area contributed by atoms with Crippen LogP contribution in [0.25, 0.3) is 0 Å². The van der Waals surface area contributed by atoms with Crippen LogP contribution in [0.3, 0.4) is 0 Å². The predicted octanol–water partition coefficient (Wildman–Crippen LogP) is 3.76. The van der Waals surface area contributed by atoms with Crippen LogP contribution in [0.2, 0.25) is 5.02 Å². The SMILES string of the molecule is O=[N+]([O-])c1cc(F)c(Cl)cc1NCCC1CCCCO1. The Morgan fingerprint density at radius 3 is 2.95 bits per heavy atom. The Labute approximate surface area is 121 Å². The second-order valence-electron chi connectivity index (χ2n) is 4.74. The Balaban J connectivity index is 1.97. The van der Waals surface area contributed by atoms with E-state index in [-0.39, 0.29) is 22.5 Å². The van der Waals surface area contributed by atoms with E-state index in [9.17, 15) is 14.5 Å². The van der Waals surface area contributed by atoms with Crippen LogP contribution in [0.4, 0.5) is 15.8 Å². The smallest absolute Gasteiger partial charge is 0.295 e. The normalized spacial score (nSPS) is 18.8. The van der Waals surface area contributed by atoms with Crippen LogP contribution in [0.1, 0.15) is 25.7 Å². The van der Waals surface area contributed by atoms with Gasteiger partial charge in [0, 0.05) is 13.2 Å². The molecule has 7 heteroatoms. The van der Waals surface area contributed by atoms with Crippen molar-refractivity contribution >= 4 is 23.0 Å². The fraction of sp³-hybridized carbons (Fsp3) is 0.538. The first-order chi connectivity index (χ1) is 9.58. The highest BCUT2D eigenvalue weighted by atomic mass is 35.5. The molecule has 1 aliphatic rings. The first kappa shape index (κ1) is 15.0. The number of benzene rings is 1. The summed E-state index contributed by atoms with van der Waals surface area (Å²) < 4.78 is 18.8. The Hall–Kier alpha value is -1.40. The summed E-state index contributed by atoms with van der Waals surface area (Å²) in [6.07, 6.45) is 4.18. The molecule has 0 amide bonds. The lowest BCUT2D eigenvalue weighted by Crippen LogP contribution is -2.22. The second kappa shape index (κ2) is 6.85. The topological polar surface area (TPSA) is 64.4 Å². The van der Waals surface area contributed by atoms with Crippen molar-refractivity contribution in [1.82, 2.24) is 0 Å². The van der Waals surface area contributed by atoms with Gasteiger partial charge < -0.3 is 10.1 Å². The molecule has 1 N–H and O–H groups in total. The fourth-order valence-corrected chi connectivity index (χ4v) is 2.40. The minimum atomic E-state index is -0.792. The van der Waals surface area contributed by atoms with E-state index in [1.807, 2.05) is 0 Å². The number of ether oxygens (including phenoxy) is 1. The molecule has 1 fully saturated rings. The maximum Gasteiger partial charge on any atom is 0.295 e. The number of hydrogen-bond donors (Lipinski definition) is 1. The molecular formula is C13H16ClFN2O3. The third kappa shape index (κ3) is 3.80. The molecule has 1 unspecified atom stereocenters. The highest BCUT2D eigenvalue weighted by Gasteiger charge is 2.18. The van der Waals surface area contributed by atoms with Gasteiger partial charge in [0.25, 0.3) is 5.69 Å². The third-order valence-corrected chi connectivity index (χ3v) is 3.58. The van der Waals surface area contributed by atoms with E-state index in [1.165, 1.54) is 6.07 Å². The van der Waals surface area contributed by atoms with Gasteiger partial charge in [-0.1, -0.05) is 11.6 Å². The number of nitro benzene ring substituents is 1. The van der Waals surface area contributed by atoms with Crippen molar-refractivity contribution < 1.29 is 14.1 Å². The maximum atomic E-state index is 13.2. The molecule has 1 saturated heterocycles. The number of anilines is 1. The maximum absolute atomic E-state index is 13.2. The van der Waals surface area contributed by atoms with Crippen molar-refractivity contribution in [3.8, 4) is 0 Å². The van der Waals surface area contributed by atoms with Crippen molar-refractivity contribution in [2.75, 3.05) is 18.5 Å². The summed E-state index contributed by atoms with van der Waals surface area (Å²) in [5.41, 5.74) is -0.0753. The van der Waals surface area contributed by atoms with Gasteiger partial charge >= 0.3 is 0 Å². The van der Waals surface area contributed by atoms with Gasteiger partial charge in [0.15, 0.2) is 0 Å². The highest BCUT2D eigenvalue weighted by molar-refractivity contribution is 6.31. The third-order valence-electron chi connectivity index (χ3n) is 3.29. The van der Waals surface area contributed by atoms with Crippen molar-refractivity contribution in [2.45, 2.75) is 31.8 Å². The average Bonchev–Trinajstić information content (AvgIpc) is 2.43. The van der Waals surface area contributed by atoms with Gasteiger partial charge in [-0.25, -0.2) is 4.39 Å². The van der Waals surface area contributed by atoms with Gasteiger partial charge in [-0.15, -0.1) is 0 Å². The molecular weight excluding hydrogens is 287 g/mol. The molecule has 0 spiro atoms. The lowest BCUT2D eigenvalue weighted by atomic mass is 10.1. The molecule has 0 saturated carbocycles. The summed E-state index contributed by atoms with van der Waals surface area (Å²) in [4.78, 5) is 10.3. The Kier molecular flexibility index (Phi) is 5.14. The zero-order chi connectivity index (χ0) is 14.5. The van der Waals surface area contributed by atoms with Crippen LogP contribution in [0, 0.1) is 15.9 Å². The number of nitro groups is 1. The first-order valence-electron chi connectivity index (χ1n) is 6.57. The van der Waals surface area contributed by atoms with Crippen LogP contribution in [-0.4, -0.2) is 24.2 Å². The van der Waals surface area contributed by atoms with E-state index in [4.69, 9.17) is 16.3 Å². The van der Waals surface area contributed by atoms with Gasteiger partial charge in [-0.2, -0.15) is 0 Å². The molecule has 20 heavy (non-hydrogen) atoms. The second-order valence-corrected chi connectivity index (χ2v) is 5.15. The lowest BCUT2D eigenvalue weighted by molar-refractivity contribution is -0.384. The summed E-state index contributed by atoms with van der Waals surface area (Å²) in [5.74, 6) is -0.792. The largest absolute Gasteiger partial charge is 0.379 e. The van der Waals surface area contributed by atoms with E-state index in [0.717, 1.165) is 38.4 Å². The van der Waals surface area contributed by atoms with Gasteiger partial charge in [0.1, 0.15) is 11.5 Å². The van der Waals surface area contributed by atoms with Crippen molar-refractivity contribution in [1.29, 1.82) is 0 Å². The van der Waals surface area contributed by atoms with E-state index in [2.05, 4.69) is 5.32 Å². The van der Waals surface area contributed by atoms with Gasteiger partial charge in [0.2, 0.25) is 0 Å². The molecule has 0 aromatic heterocycles. The Morgan fingerprint density at radius 1 is 1.50 bits per heavy atom. The van der Waals surface area contributed by atoms with Crippen molar-refractivity contribution in [3.05, 3.63) is 33.1 Å². The van der Waals surface area contributed by atoms with Crippen LogP contribution >= 0.6 is 11.6 Å². The molecule has 0 bridgehead atoms. The van der Waals surface area contributed by atoms with Crippen LogP contribution in [0.5, 0.6) is 0 Å². The molecule has 0 aliphatic carbocycles. The fourth-order valence-electron chi connectivity index (χ4n) is 2.23. The molecule has 1 aromatic rings. The first-order valence-corrected chi connectivity index (χ1v) is 6.94. The van der Waals surface area contributed by atoms with Crippen LogP contribution < -0.4 is 5.32 Å². The monoisotopic (exact) mass is 302 g/mol. The standard InChI is InChI=1S/C13H16ClFN2O3/c14-10-7-12(13(17(18)19)8-11(10)15)16-5-4-9-3-1-2-6-20-9/h7-9,16H,1-6H2. The number of halogens is 2. The molecule has 1 aliphatic heterocycles. The van der Waals surface area contributed by atoms with Crippen molar-refractivity contribution in [2.24, 2.45) is 0 Å². The number of nitrogens with one attached hydrogen (secondary N) is 1. The highest BCUT2D eigenvalue weighted by Crippen LogP contribution is 2.30. The number of hydrogen-bond acceptors (Lipinski definition) is 4. The van der Waals surface area contributed by atoms with E-state index in [0.29, 0.717) is 6.54 Å². The summed E-state index contributed by atoms with van der Waals surface area (Å²) in [6, 6.07) is 2.08. The summed E-state index contributed by atoms with van der Waals surface area (Å²) >= 11 is 5.66. The molecule has 110 valence electrons. The van der Waals surface area contributed by atoms with Crippen LogP contribution in [-0.2, 0) is 4.74 Å². The minimum absolute atomic E-state index is 0.132. The summed E-state index contributed by atoms with van der Waals surface area (Å²) in [5, 5.41) is 13.7. The van der Waals surface area contributed by atoms with Gasteiger partial charge in [-0.3, -0.25) is 10.1 Å². The Bertz CT molecular complexity index is 493. The van der Waals surface area contributed by atoms with E-state index < -0.39 is 10.7 Å². The molecule has 5 nitrogen and oxygen atoms in total.